The van der Waals surface area contributed by atoms with Crippen molar-refractivity contribution in [3.05, 3.63) is 26.9 Å². The summed E-state index contributed by atoms with van der Waals surface area (Å²) >= 11 is 6.64. The Balaban J connectivity index is 3.08. The second-order valence-corrected chi connectivity index (χ2v) is 3.58. The third-order valence-corrected chi connectivity index (χ3v) is 3.25. The van der Waals surface area contributed by atoms with Crippen molar-refractivity contribution in [1.29, 1.82) is 5.26 Å². The topological polar surface area (TPSA) is 36.7 Å². The van der Waals surface area contributed by atoms with Crippen LogP contribution in [0.5, 0.6) is 0 Å². The molecule has 56 valence electrons. The molecular weight excluding hydrogens is 272 g/mol. The molecule has 0 aliphatic rings. The minimum Gasteiger partial charge on any atom is -0.263 e. The summed E-state index contributed by atoms with van der Waals surface area (Å²) in [6, 6.07) is 2.06. The van der Waals surface area contributed by atoms with Gasteiger partial charge in [-0.25, -0.2) is 0 Å². The van der Waals surface area contributed by atoms with Crippen molar-refractivity contribution in [2.45, 2.75) is 6.42 Å². The highest BCUT2D eigenvalue weighted by molar-refractivity contribution is 9.13. The number of pyridine rings is 1. The maximum atomic E-state index is 8.42. The Morgan fingerprint density at radius 3 is 2.82 bits per heavy atom. The predicted molar refractivity (Wildman–Crippen MR) is 49.0 cm³/mol. The van der Waals surface area contributed by atoms with Crippen molar-refractivity contribution in [2.75, 3.05) is 0 Å². The van der Waals surface area contributed by atoms with Crippen LogP contribution in [-0.4, -0.2) is 4.98 Å². The van der Waals surface area contributed by atoms with Gasteiger partial charge in [-0.3, -0.25) is 4.98 Å². The highest BCUT2D eigenvalue weighted by atomic mass is 79.9. The normalized spacial score (nSPS) is 9.18. The van der Waals surface area contributed by atoms with E-state index in [1.165, 1.54) is 0 Å². The van der Waals surface area contributed by atoms with Crippen LogP contribution in [0, 0.1) is 11.3 Å². The van der Waals surface area contributed by atoms with E-state index in [1.54, 1.807) is 12.4 Å². The first kappa shape index (κ1) is 8.69. The summed E-state index contributed by atoms with van der Waals surface area (Å²) in [6.45, 7) is 0. The van der Waals surface area contributed by atoms with Gasteiger partial charge in [-0.15, -0.1) is 0 Å². The van der Waals surface area contributed by atoms with E-state index < -0.39 is 0 Å². The van der Waals surface area contributed by atoms with Crippen molar-refractivity contribution >= 4 is 31.9 Å². The van der Waals surface area contributed by atoms with Gasteiger partial charge in [0.2, 0.25) is 0 Å². The number of aromatic nitrogens is 1. The first-order chi connectivity index (χ1) is 5.25. The van der Waals surface area contributed by atoms with Gasteiger partial charge in [0, 0.05) is 16.9 Å². The molecule has 0 aromatic carbocycles. The molecule has 0 saturated carbocycles. The SMILES string of the molecule is N#CCc1cncc(Br)c1Br. The maximum Gasteiger partial charge on any atom is 0.0670 e. The van der Waals surface area contributed by atoms with E-state index in [-0.39, 0.29) is 0 Å². The highest BCUT2D eigenvalue weighted by Crippen LogP contribution is 2.25. The molecule has 1 rings (SSSR count). The lowest BCUT2D eigenvalue weighted by atomic mass is 10.2. The van der Waals surface area contributed by atoms with Crippen molar-refractivity contribution < 1.29 is 0 Å². The Morgan fingerprint density at radius 1 is 1.45 bits per heavy atom. The zero-order chi connectivity index (χ0) is 8.27. The standard InChI is InChI=1S/C7H4Br2N2/c8-6-4-11-3-5(1-2-10)7(6)9/h3-4H,1H2. The Morgan fingerprint density at radius 2 is 2.18 bits per heavy atom. The van der Waals surface area contributed by atoms with E-state index in [0.717, 1.165) is 14.5 Å². The number of hydrogen-bond acceptors (Lipinski definition) is 2. The fourth-order valence-corrected chi connectivity index (χ4v) is 1.39. The van der Waals surface area contributed by atoms with Gasteiger partial charge in [-0.05, 0) is 37.4 Å². The molecule has 0 amide bonds. The van der Waals surface area contributed by atoms with Crippen LogP contribution >= 0.6 is 31.9 Å². The average molecular weight is 276 g/mol. The quantitative estimate of drug-likeness (QED) is 0.790. The summed E-state index contributed by atoms with van der Waals surface area (Å²) in [5.41, 5.74) is 0.905. The van der Waals surface area contributed by atoms with E-state index >= 15 is 0 Å². The first-order valence-electron chi connectivity index (χ1n) is 2.90. The summed E-state index contributed by atoms with van der Waals surface area (Å²) < 4.78 is 1.79. The van der Waals surface area contributed by atoms with Crippen LogP contribution in [0.4, 0.5) is 0 Å². The van der Waals surface area contributed by atoms with Gasteiger partial charge >= 0.3 is 0 Å². The second-order valence-electron chi connectivity index (χ2n) is 1.93. The number of nitrogens with zero attached hydrogens (tertiary/aromatic N) is 2. The van der Waals surface area contributed by atoms with E-state index in [0.29, 0.717) is 6.42 Å². The fraction of sp³-hybridized carbons (Fsp3) is 0.143. The van der Waals surface area contributed by atoms with Crippen LogP contribution in [0.1, 0.15) is 5.56 Å². The van der Waals surface area contributed by atoms with Crippen LogP contribution in [-0.2, 0) is 6.42 Å². The first-order valence-corrected chi connectivity index (χ1v) is 4.49. The van der Waals surface area contributed by atoms with Gasteiger partial charge in [0.1, 0.15) is 0 Å². The van der Waals surface area contributed by atoms with Gasteiger partial charge in [0.25, 0.3) is 0 Å². The van der Waals surface area contributed by atoms with Crippen LogP contribution < -0.4 is 0 Å². The Bertz CT molecular complexity index is 304. The summed E-state index contributed by atoms with van der Waals surface area (Å²) in [6.07, 6.45) is 3.75. The molecule has 1 aromatic rings. The Kier molecular flexibility index (Phi) is 3.03. The summed E-state index contributed by atoms with van der Waals surface area (Å²) in [7, 11) is 0. The Hall–Kier alpha value is -0.400. The van der Waals surface area contributed by atoms with E-state index in [9.17, 15) is 0 Å². The van der Waals surface area contributed by atoms with E-state index in [2.05, 4.69) is 42.9 Å². The molecule has 0 N–H and O–H groups in total. The minimum atomic E-state index is 0.382. The molecule has 0 aliphatic heterocycles. The monoisotopic (exact) mass is 274 g/mol. The lowest BCUT2D eigenvalue weighted by Crippen LogP contribution is -1.86. The van der Waals surface area contributed by atoms with Gasteiger partial charge < -0.3 is 0 Å². The Labute approximate surface area is 81.5 Å². The minimum absolute atomic E-state index is 0.382. The maximum absolute atomic E-state index is 8.42. The highest BCUT2D eigenvalue weighted by Gasteiger charge is 2.02. The molecule has 0 radical (unpaired) electrons. The van der Waals surface area contributed by atoms with Crippen LogP contribution in [0.15, 0.2) is 21.3 Å². The van der Waals surface area contributed by atoms with E-state index in [1.807, 2.05) is 0 Å². The molecule has 0 aliphatic carbocycles. The molecule has 4 heteroatoms. The van der Waals surface area contributed by atoms with Crippen molar-refractivity contribution in [3.8, 4) is 6.07 Å². The molecule has 0 bridgehead atoms. The fourth-order valence-electron chi connectivity index (χ4n) is 0.668. The smallest absolute Gasteiger partial charge is 0.0670 e. The van der Waals surface area contributed by atoms with Crippen molar-refractivity contribution in [3.63, 3.8) is 0 Å². The number of hydrogen-bond donors (Lipinski definition) is 0. The van der Waals surface area contributed by atoms with Crippen LogP contribution in [0.2, 0.25) is 0 Å². The average Bonchev–Trinajstić information content (AvgIpc) is 1.99. The molecule has 0 atom stereocenters. The van der Waals surface area contributed by atoms with Crippen LogP contribution in [0.25, 0.3) is 0 Å². The van der Waals surface area contributed by atoms with Gasteiger partial charge in [-0.2, -0.15) is 5.26 Å². The predicted octanol–water partition coefficient (Wildman–Crippen LogP) is 2.67. The molecular formula is C7H4Br2N2. The molecule has 0 fully saturated rings. The summed E-state index contributed by atoms with van der Waals surface area (Å²) in [5.74, 6) is 0. The number of rotatable bonds is 1. The largest absolute Gasteiger partial charge is 0.263 e. The van der Waals surface area contributed by atoms with Crippen molar-refractivity contribution in [1.82, 2.24) is 4.98 Å². The van der Waals surface area contributed by atoms with Crippen LogP contribution in [0.3, 0.4) is 0 Å². The molecule has 1 aromatic heterocycles. The zero-order valence-corrected chi connectivity index (χ0v) is 8.68. The summed E-state index contributed by atoms with van der Waals surface area (Å²) in [5, 5.41) is 8.42. The lowest BCUT2D eigenvalue weighted by Gasteiger charge is -1.99. The molecule has 0 saturated heterocycles. The zero-order valence-electron chi connectivity index (χ0n) is 5.51. The molecule has 11 heavy (non-hydrogen) atoms. The third-order valence-electron chi connectivity index (χ3n) is 1.18. The number of halogens is 2. The van der Waals surface area contributed by atoms with Gasteiger partial charge in [0.15, 0.2) is 0 Å². The van der Waals surface area contributed by atoms with E-state index in [4.69, 9.17) is 5.26 Å². The number of nitriles is 1. The van der Waals surface area contributed by atoms with Gasteiger partial charge in [-0.1, -0.05) is 0 Å². The summed E-state index contributed by atoms with van der Waals surface area (Å²) in [4.78, 5) is 3.94. The van der Waals surface area contributed by atoms with Gasteiger partial charge in [0.05, 0.1) is 17.0 Å². The second kappa shape index (κ2) is 3.84. The molecule has 1 heterocycles. The van der Waals surface area contributed by atoms with Crippen molar-refractivity contribution in [2.24, 2.45) is 0 Å². The lowest BCUT2D eigenvalue weighted by molar-refractivity contribution is 1.16. The third kappa shape index (κ3) is 2.01. The molecule has 0 spiro atoms. The molecule has 2 nitrogen and oxygen atoms in total. The molecule has 0 unspecified atom stereocenters.